The Labute approximate surface area is 167 Å². The first-order valence-corrected chi connectivity index (χ1v) is 10.3. The molecule has 3 rings (SSSR count). The molecule has 1 heterocycles. The SMILES string of the molecule is CS(=O)(=O)c1nc(N)c([N+](=O)[O-])c(/C=C(\Nc2ccccc2)c2ccccc2)n1. The van der Waals surface area contributed by atoms with Gasteiger partial charge < -0.3 is 11.1 Å². The molecule has 148 valence electrons. The number of hydrogen-bond donors (Lipinski definition) is 2. The van der Waals surface area contributed by atoms with E-state index in [0.29, 0.717) is 11.3 Å². The van der Waals surface area contributed by atoms with Crippen LogP contribution in [0.2, 0.25) is 0 Å². The van der Waals surface area contributed by atoms with E-state index in [1.54, 1.807) is 24.3 Å². The van der Waals surface area contributed by atoms with Gasteiger partial charge in [-0.2, -0.15) is 4.98 Å². The maximum atomic E-state index is 11.9. The van der Waals surface area contributed by atoms with Crippen molar-refractivity contribution in [3.63, 3.8) is 0 Å². The van der Waals surface area contributed by atoms with Gasteiger partial charge in [0, 0.05) is 17.6 Å². The Bertz CT molecular complexity index is 1180. The van der Waals surface area contributed by atoms with Gasteiger partial charge in [-0.05, 0) is 23.8 Å². The molecule has 3 aromatic rings. The number of nitrogens with one attached hydrogen (secondary N) is 1. The number of rotatable bonds is 6. The Kier molecular flexibility index (Phi) is 5.55. The molecule has 1 aromatic heterocycles. The minimum absolute atomic E-state index is 0.217. The Morgan fingerprint density at radius 1 is 1.07 bits per heavy atom. The number of benzene rings is 2. The van der Waals surface area contributed by atoms with E-state index in [0.717, 1.165) is 11.9 Å². The van der Waals surface area contributed by atoms with Crippen molar-refractivity contribution in [2.45, 2.75) is 5.16 Å². The third-order valence-electron chi connectivity index (χ3n) is 3.85. The first kappa shape index (κ1) is 20.0. The molecule has 0 spiro atoms. The Balaban J connectivity index is 2.23. The lowest BCUT2D eigenvalue weighted by Crippen LogP contribution is -2.11. The molecule has 0 radical (unpaired) electrons. The molecule has 10 heteroatoms. The van der Waals surface area contributed by atoms with Crippen LogP contribution in [-0.4, -0.2) is 29.6 Å². The lowest BCUT2D eigenvalue weighted by atomic mass is 10.1. The first-order chi connectivity index (χ1) is 13.8. The monoisotopic (exact) mass is 411 g/mol. The number of sulfone groups is 1. The van der Waals surface area contributed by atoms with Crippen LogP contribution < -0.4 is 11.1 Å². The second-order valence-corrected chi connectivity index (χ2v) is 7.98. The summed E-state index contributed by atoms with van der Waals surface area (Å²) in [7, 11) is -3.82. The Hall–Kier alpha value is -3.79. The molecule has 0 unspecified atom stereocenters. The van der Waals surface area contributed by atoms with Crippen molar-refractivity contribution in [3.8, 4) is 0 Å². The predicted molar refractivity (Wildman–Crippen MR) is 111 cm³/mol. The number of para-hydroxylation sites is 1. The summed E-state index contributed by atoms with van der Waals surface area (Å²) in [6, 6.07) is 18.2. The molecule has 29 heavy (non-hydrogen) atoms. The number of nitrogens with two attached hydrogens (primary N) is 1. The molecule has 0 amide bonds. The van der Waals surface area contributed by atoms with Crippen LogP contribution in [0.1, 0.15) is 11.3 Å². The summed E-state index contributed by atoms with van der Waals surface area (Å²) < 4.78 is 23.8. The van der Waals surface area contributed by atoms with E-state index < -0.39 is 31.4 Å². The minimum atomic E-state index is -3.82. The second-order valence-electron chi connectivity index (χ2n) is 6.07. The number of aromatic nitrogens is 2. The fraction of sp³-hybridized carbons (Fsp3) is 0.0526. The van der Waals surface area contributed by atoms with Crippen LogP contribution in [0.5, 0.6) is 0 Å². The molecule has 3 N–H and O–H groups in total. The smallest absolute Gasteiger partial charge is 0.336 e. The minimum Gasteiger partial charge on any atom is -0.378 e. The van der Waals surface area contributed by atoms with Crippen LogP contribution in [0, 0.1) is 10.1 Å². The molecule has 0 aliphatic heterocycles. The lowest BCUT2D eigenvalue weighted by molar-refractivity contribution is -0.384. The van der Waals surface area contributed by atoms with Gasteiger partial charge in [0.1, 0.15) is 5.69 Å². The van der Waals surface area contributed by atoms with Crippen LogP contribution in [0.15, 0.2) is 65.8 Å². The highest BCUT2D eigenvalue weighted by molar-refractivity contribution is 7.90. The molecular weight excluding hydrogens is 394 g/mol. The summed E-state index contributed by atoms with van der Waals surface area (Å²) in [4.78, 5) is 18.3. The van der Waals surface area contributed by atoms with Crippen LogP contribution >= 0.6 is 0 Å². The Morgan fingerprint density at radius 2 is 1.66 bits per heavy atom. The van der Waals surface area contributed by atoms with E-state index in [2.05, 4.69) is 15.3 Å². The molecule has 0 bridgehead atoms. The van der Waals surface area contributed by atoms with Crippen LogP contribution in [0.4, 0.5) is 17.2 Å². The van der Waals surface area contributed by atoms with Gasteiger partial charge in [0.25, 0.3) is 0 Å². The number of nitrogens with zero attached hydrogens (tertiary/aromatic N) is 3. The number of anilines is 2. The summed E-state index contributed by atoms with van der Waals surface area (Å²) in [6.45, 7) is 0. The van der Waals surface area contributed by atoms with Crippen molar-refractivity contribution in [1.82, 2.24) is 9.97 Å². The van der Waals surface area contributed by atoms with Gasteiger partial charge in [-0.1, -0.05) is 48.5 Å². The number of hydrogen-bond acceptors (Lipinski definition) is 8. The number of nitrogen functional groups attached to an aromatic ring is 1. The molecule has 0 aliphatic rings. The summed E-state index contributed by atoms with van der Waals surface area (Å²) >= 11 is 0. The van der Waals surface area contributed by atoms with E-state index in [1.165, 1.54) is 6.08 Å². The zero-order chi connectivity index (χ0) is 21.0. The summed E-state index contributed by atoms with van der Waals surface area (Å²) in [5, 5.41) is 14.1. The topological polar surface area (TPSA) is 141 Å². The van der Waals surface area contributed by atoms with Gasteiger partial charge in [0.2, 0.25) is 20.8 Å². The lowest BCUT2D eigenvalue weighted by Gasteiger charge is -2.12. The van der Waals surface area contributed by atoms with Crippen molar-refractivity contribution < 1.29 is 13.3 Å². The van der Waals surface area contributed by atoms with E-state index in [4.69, 9.17) is 5.73 Å². The average Bonchev–Trinajstić information content (AvgIpc) is 2.67. The maximum absolute atomic E-state index is 11.9. The third kappa shape index (κ3) is 4.74. The van der Waals surface area contributed by atoms with Crippen LogP contribution in [-0.2, 0) is 9.84 Å². The molecule has 0 saturated carbocycles. The average molecular weight is 411 g/mol. The third-order valence-corrected chi connectivity index (χ3v) is 4.70. The second kappa shape index (κ2) is 8.07. The highest BCUT2D eigenvalue weighted by Crippen LogP contribution is 2.29. The summed E-state index contributed by atoms with van der Waals surface area (Å²) in [5.41, 5.74) is 6.81. The molecule has 0 fully saturated rings. The molecular formula is C19H17N5O4S. The van der Waals surface area contributed by atoms with Gasteiger partial charge in [-0.25, -0.2) is 13.4 Å². The van der Waals surface area contributed by atoms with Crippen LogP contribution in [0.25, 0.3) is 11.8 Å². The van der Waals surface area contributed by atoms with Gasteiger partial charge in [-0.3, -0.25) is 10.1 Å². The van der Waals surface area contributed by atoms with E-state index in [9.17, 15) is 18.5 Å². The normalized spacial score (nSPS) is 11.8. The Morgan fingerprint density at radius 3 is 2.21 bits per heavy atom. The van der Waals surface area contributed by atoms with Gasteiger partial charge in [-0.15, -0.1) is 0 Å². The van der Waals surface area contributed by atoms with E-state index in [1.807, 2.05) is 36.4 Å². The van der Waals surface area contributed by atoms with E-state index >= 15 is 0 Å². The maximum Gasteiger partial charge on any atom is 0.336 e. The molecule has 9 nitrogen and oxygen atoms in total. The summed E-state index contributed by atoms with van der Waals surface area (Å²) in [6.07, 6.45) is 2.29. The summed E-state index contributed by atoms with van der Waals surface area (Å²) in [5.74, 6) is -0.524. The quantitative estimate of drug-likeness (QED) is 0.358. The van der Waals surface area contributed by atoms with Gasteiger partial charge >= 0.3 is 5.69 Å². The van der Waals surface area contributed by atoms with Crippen molar-refractivity contribution in [1.29, 1.82) is 0 Å². The van der Waals surface area contributed by atoms with Crippen molar-refractivity contribution in [2.24, 2.45) is 0 Å². The van der Waals surface area contributed by atoms with Crippen molar-refractivity contribution in [2.75, 3.05) is 17.3 Å². The van der Waals surface area contributed by atoms with Crippen molar-refractivity contribution in [3.05, 3.63) is 82.0 Å². The van der Waals surface area contributed by atoms with Crippen LogP contribution in [0.3, 0.4) is 0 Å². The van der Waals surface area contributed by atoms with Crippen molar-refractivity contribution >= 4 is 38.8 Å². The predicted octanol–water partition coefficient (Wildman–Crippen LogP) is 2.98. The standard InChI is InChI=1S/C19H17N5O4S/c1-29(27,28)19-22-16(17(24(25)26)18(20)23-19)12-15(13-8-4-2-5-9-13)21-14-10-6-3-7-11-14/h2-12,21H,1H3,(H2,20,22,23)/b15-12-. The fourth-order valence-corrected chi connectivity index (χ4v) is 3.07. The first-order valence-electron chi connectivity index (χ1n) is 8.37. The number of nitro groups is 1. The molecule has 2 aromatic carbocycles. The van der Waals surface area contributed by atoms with Gasteiger partial charge in [0.15, 0.2) is 0 Å². The molecule has 0 atom stereocenters. The van der Waals surface area contributed by atoms with E-state index in [-0.39, 0.29) is 5.69 Å². The molecule has 0 aliphatic carbocycles. The zero-order valence-electron chi connectivity index (χ0n) is 15.3. The zero-order valence-corrected chi connectivity index (χ0v) is 16.1. The highest BCUT2D eigenvalue weighted by Gasteiger charge is 2.25. The fourth-order valence-electron chi connectivity index (χ4n) is 2.54. The van der Waals surface area contributed by atoms with Gasteiger partial charge in [0.05, 0.1) is 4.92 Å². The highest BCUT2D eigenvalue weighted by atomic mass is 32.2. The molecule has 0 saturated heterocycles. The largest absolute Gasteiger partial charge is 0.378 e.